The Bertz CT molecular complexity index is 519. The lowest BCUT2D eigenvalue weighted by molar-refractivity contribution is 0.170. The first-order chi connectivity index (χ1) is 8.08. The van der Waals surface area contributed by atoms with Gasteiger partial charge < -0.3 is 5.11 Å². The molecule has 1 unspecified atom stereocenters. The summed E-state index contributed by atoms with van der Waals surface area (Å²) in [4.78, 5) is 4.23. The number of aliphatic hydroxyl groups excluding tert-OH is 1. The first kappa shape index (κ1) is 11.8. The molecule has 2 aromatic heterocycles. The van der Waals surface area contributed by atoms with Crippen LogP contribution in [0, 0.1) is 13.8 Å². The van der Waals surface area contributed by atoms with E-state index in [1.807, 2.05) is 39.1 Å². The maximum atomic E-state index is 10.2. The fourth-order valence-corrected chi connectivity index (χ4v) is 2.00. The smallest absolute Gasteiger partial charge is 0.102 e. The minimum atomic E-state index is -0.578. The van der Waals surface area contributed by atoms with Gasteiger partial charge in [-0.1, -0.05) is 6.07 Å². The Morgan fingerprint density at radius 3 is 2.76 bits per heavy atom. The van der Waals surface area contributed by atoms with Crippen LogP contribution in [0.4, 0.5) is 0 Å². The summed E-state index contributed by atoms with van der Waals surface area (Å²) in [6.07, 6.45) is 1.67. The van der Waals surface area contributed by atoms with Crippen LogP contribution in [0.3, 0.4) is 0 Å². The molecule has 0 fully saturated rings. The van der Waals surface area contributed by atoms with Crippen molar-refractivity contribution in [2.75, 3.05) is 0 Å². The van der Waals surface area contributed by atoms with E-state index >= 15 is 0 Å². The molecule has 0 radical (unpaired) electrons. The molecule has 2 aromatic rings. The Balaban J connectivity index is 2.20. The lowest BCUT2D eigenvalue weighted by atomic mass is 10.1. The van der Waals surface area contributed by atoms with Gasteiger partial charge in [0.15, 0.2) is 0 Å². The average Bonchev–Trinajstić information content (AvgIpc) is 2.58. The zero-order valence-corrected chi connectivity index (χ0v) is 10.4. The molecule has 0 bridgehead atoms. The summed E-state index contributed by atoms with van der Waals surface area (Å²) in [6.45, 7) is 3.90. The Morgan fingerprint density at radius 2 is 2.18 bits per heavy atom. The van der Waals surface area contributed by atoms with Crippen LogP contribution in [0.25, 0.3) is 0 Å². The van der Waals surface area contributed by atoms with E-state index in [-0.39, 0.29) is 0 Å². The summed E-state index contributed by atoms with van der Waals surface area (Å²) in [5.74, 6) is 0. The van der Waals surface area contributed by atoms with Gasteiger partial charge in [0.05, 0.1) is 11.4 Å². The Labute approximate surface area is 101 Å². The number of rotatable bonds is 3. The van der Waals surface area contributed by atoms with Gasteiger partial charge in [0, 0.05) is 25.4 Å². The minimum absolute atomic E-state index is 0.537. The molecular formula is C13H17N3O. The molecule has 1 atom stereocenters. The molecule has 0 aliphatic carbocycles. The van der Waals surface area contributed by atoms with E-state index in [1.165, 1.54) is 0 Å². The summed E-state index contributed by atoms with van der Waals surface area (Å²) in [5, 5.41) is 14.5. The molecule has 4 heteroatoms. The summed E-state index contributed by atoms with van der Waals surface area (Å²) in [7, 11) is 1.89. The van der Waals surface area contributed by atoms with Gasteiger partial charge >= 0.3 is 0 Å². The predicted molar refractivity (Wildman–Crippen MR) is 65.6 cm³/mol. The second-order valence-corrected chi connectivity index (χ2v) is 4.33. The Kier molecular flexibility index (Phi) is 3.24. The van der Waals surface area contributed by atoms with Crippen molar-refractivity contribution in [1.29, 1.82) is 0 Å². The summed E-state index contributed by atoms with van der Waals surface area (Å²) >= 11 is 0. The highest BCUT2D eigenvalue weighted by molar-refractivity contribution is 5.21. The van der Waals surface area contributed by atoms with Gasteiger partial charge in [0.25, 0.3) is 0 Å². The lowest BCUT2D eigenvalue weighted by Crippen LogP contribution is -2.09. The van der Waals surface area contributed by atoms with Gasteiger partial charge in [-0.3, -0.25) is 9.67 Å². The predicted octanol–water partition coefficient (Wildman–Crippen LogP) is 1.71. The van der Waals surface area contributed by atoms with Crippen molar-refractivity contribution >= 4 is 0 Å². The van der Waals surface area contributed by atoms with E-state index in [9.17, 15) is 5.11 Å². The fraction of sp³-hybridized carbons (Fsp3) is 0.385. The molecular weight excluding hydrogens is 214 g/mol. The Morgan fingerprint density at radius 1 is 1.41 bits per heavy atom. The number of aryl methyl sites for hydroxylation is 3. The molecule has 0 spiro atoms. The molecule has 2 heterocycles. The van der Waals surface area contributed by atoms with Crippen molar-refractivity contribution in [3.05, 3.63) is 47.0 Å². The molecule has 4 nitrogen and oxygen atoms in total. The third-order valence-corrected chi connectivity index (χ3v) is 2.87. The summed E-state index contributed by atoms with van der Waals surface area (Å²) in [6, 6.07) is 5.82. The highest BCUT2D eigenvalue weighted by atomic mass is 16.3. The SMILES string of the molecule is Cc1cc(CC(O)c2ncccc2C)n(C)n1. The highest BCUT2D eigenvalue weighted by Crippen LogP contribution is 2.19. The van der Waals surface area contributed by atoms with E-state index in [0.717, 1.165) is 22.6 Å². The highest BCUT2D eigenvalue weighted by Gasteiger charge is 2.14. The molecule has 0 aliphatic heterocycles. The largest absolute Gasteiger partial charge is 0.386 e. The second-order valence-electron chi connectivity index (χ2n) is 4.33. The third-order valence-electron chi connectivity index (χ3n) is 2.87. The average molecular weight is 231 g/mol. The lowest BCUT2D eigenvalue weighted by Gasteiger charge is -2.12. The Hall–Kier alpha value is -1.68. The molecule has 90 valence electrons. The van der Waals surface area contributed by atoms with Crippen molar-refractivity contribution in [3.63, 3.8) is 0 Å². The molecule has 0 aromatic carbocycles. The minimum Gasteiger partial charge on any atom is -0.386 e. The van der Waals surface area contributed by atoms with Gasteiger partial charge in [-0.15, -0.1) is 0 Å². The van der Waals surface area contributed by atoms with Crippen LogP contribution in [0.15, 0.2) is 24.4 Å². The number of pyridine rings is 1. The normalized spacial score (nSPS) is 12.7. The van der Waals surface area contributed by atoms with Gasteiger partial charge in [-0.25, -0.2) is 0 Å². The zero-order valence-electron chi connectivity index (χ0n) is 10.4. The molecule has 0 saturated heterocycles. The van der Waals surface area contributed by atoms with E-state index in [4.69, 9.17) is 0 Å². The van der Waals surface area contributed by atoms with Crippen molar-refractivity contribution in [3.8, 4) is 0 Å². The van der Waals surface area contributed by atoms with E-state index in [2.05, 4.69) is 10.1 Å². The fourth-order valence-electron chi connectivity index (χ4n) is 2.00. The van der Waals surface area contributed by atoms with E-state index in [0.29, 0.717) is 6.42 Å². The zero-order chi connectivity index (χ0) is 12.4. The number of aliphatic hydroxyl groups is 1. The monoisotopic (exact) mass is 231 g/mol. The molecule has 0 amide bonds. The number of hydrogen-bond acceptors (Lipinski definition) is 3. The van der Waals surface area contributed by atoms with Crippen LogP contribution in [0.1, 0.15) is 28.7 Å². The molecule has 1 N–H and O–H groups in total. The number of aromatic nitrogens is 3. The maximum absolute atomic E-state index is 10.2. The number of hydrogen-bond donors (Lipinski definition) is 1. The molecule has 2 rings (SSSR count). The van der Waals surface area contributed by atoms with Crippen LogP contribution < -0.4 is 0 Å². The second kappa shape index (κ2) is 4.67. The van der Waals surface area contributed by atoms with Gasteiger partial charge in [0.2, 0.25) is 0 Å². The van der Waals surface area contributed by atoms with Gasteiger partial charge in [-0.2, -0.15) is 5.10 Å². The first-order valence-corrected chi connectivity index (χ1v) is 5.67. The quantitative estimate of drug-likeness (QED) is 0.874. The summed E-state index contributed by atoms with van der Waals surface area (Å²) in [5.41, 5.74) is 3.73. The van der Waals surface area contributed by atoms with Crippen LogP contribution in [0.5, 0.6) is 0 Å². The first-order valence-electron chi connectivity index (χ1n) is 5.67. The van der Waals surface area contributed by atoms with E-state index < -0.39 is 6.10 Å². The molecule has 17 heavy (non-hydrogen) atoms. The van der Waals surface area contributed by atoms with Crippen LogP contribution in [-0.2, 0) is 13.5 Å². The number of nitrogens with zero attached hydrogens (tertiary/aromatic N) is 3. The van der Waals surface area contributed by atoms with Crippen LogP contribution in [0.2, 0.25) is 0 Å². The maximum Gasteiger partial charge on any atom is 0.102 e. The summed E-state index contributed by atoms with van der Waals surface area (Å²) < 4.78 is 1.80. The van der Waals surface area contributed by atoms with Crippen LogP contribution >= 0.6 is 0 Å². The van der Waals surface area contributed by atoms with Crippen molar-refractivity contribution in [2.45, 2.75) is 26.4 Å². The van der Waals surface area contributed by atoms with Crippen molar-refractivity contribution < 1.29 is 5.11 Å². The van der Waals surface area contributed by atoms with E-state index in [1.54, 1.807) is 10.9 Å². The van der Waals surface area contributed by atoms with Gasteiger partial charge in [-0.05, 0) is 31.5 Å². The van der Waals surface area contributed by atoms with Crippen molar-refractivity contribution in [2.24, 2.45) is 7.05 Å². The van der Waals surface area contributed by atoms with Crippen molar-refractivity contribution in [1.82, 2.24) is 14.8 Å². The topological polar surface area (TPSA) is 50.9 Å². The third kappa shape index (κ3) is 2.53. The van der Waals surface area contributed by atoms with Crippen LogP contribution in [-0.4, -0.2) is 19.9 Å². The molecule has 0 aliphatic rings. The molecule has 0 saturated carbocycles. The van der Waals surface area contributed by atoms with Gasteiger partial charge in [0.1, 0.15) is 6.10 Å². The standard InChI is InChI=1S/C13H17N3O/c1-9-5-4-6-14-13(9)12(17)8-11-7-10(2)15-16(11)3/h4-7,12,17H,8H2,1-3H3.